The van der Waals surface area contributed by atoms with Crippen molar-refractivity contribution in [3.8, 4) is 0 Å². The number of carbonyl (C=O) groups is 1. The number of unbranched alkanes of at least 4 members (excludes halogenated alkanes) is 1. The lowest BCUT2D eigenvalue weighted by molar-refractivity contribution is -0.384. The van der Waals surface area contributed by atoms with Gasteiger partial charge in [-0.15, -0.1) is 5.10 Å². The number of hydrogen-bond acceptors (Lipinski definition) is 7. The number of nitrogens with one attached hydrogen (secondary N) is 2. The number of hydrogen-bond donors (Lipinski definition) is 2. The fraction of sp³-hybridized carbons (Fsp3) is 0.308. The topological polar surface area (TPSA) is 128 Å². The fourth-order valence-corrected chi connectivity index (χ4v) is 1.94. The van der Waals surface area contributed by atoms with Crippen molar-refractivity contribution in [2.75, 3.05) is 5.32 Å². The number of benzene rings is 1. The molecule has 11 heteroatoms. The number of non-ortho nitro benzene ring substituents is 1. The molecule has 10 nitrogen and oxygen atoms in total. The molecular formula is C13H15N7O3S. The highest BCUT2D eigenvalue weighted by Gasteiger charge is 2.13. The molecule has 1 aromatic heterocycles. The zero-order valence-electron chi connectivity index (χ0n) is 12.8. The number of rotatable bonds is 6. The van der Waals surface area contributed by atoms with Crippen LogP contribution in [0.15, 0.2) is 24.3 Å². The van der Waals surface area contributed by atoms with Crippen LogP contribution in [-0.4, -0.2) is 36.2 Å². The largest absolute Gasteiger partial charge is 0.299 e. The summed E-state index contributed by atoms with van der Waals surface area (Å²) in [5, 5.41) is 27.4. The first-order chi connectivity index (χ1) is 11.5. The van der Waals surface area contributed by atoms with Gasteiger partial charge >= 0.3 is 0 Å². The van der Waals surface area contributed by atoms with E-state index < -0.39 is 10.8 Å². The van der Waals surface area contributed by atoms with Crippen LogP contribution in [0.4, 0.5) is 11.6 Å². The van der Waals surface area contributed by atoms with Gasteiger partial charge in [0.2, 0.25) is 0 Å². The van der Waals surface area contributed by atoms with Crippen LogP contribution in [0.25, 0.3) is 0 Å². The molecule has 1 heterocycles. The number of nitro benzene ring substituents is 1. The summed E-state index contributed by atoms with van der Waals surface area (Å²) in [4.78, 5) is 23.6. The van der Waals surface area contributed by atoms with E-state index in [1.165, 1.54) is 23.0 Å². The zero-order valence-corrected chi connectivity index (χ0v) is 13.6. The minimum atomic E-state index is -0.577. The van der Waals surface area contributed by atoms with E-state index in [2.05, 4.69) is 33.0 Å². The van der Waals surface area contributed by atoms with Gasteiger partial charge in [-0.25, -0.2) is 0 Å². The van der Waals surface area contributed by atoms with Gasteiger partial charge in [0.15, 0.2) is 5.11 Å². The van der Waals surface area contributed by atoms with Crippen LogP contribution in [-0.2, 0) is 6.54 Å². The summed E-state index contributed by atoms with van der Waals surface area (Å²) in [6.45, 7) is 2.69. The monoisotopic (exact) mass is 349 g/mol. The molecule has 0 spiro atoms. The Bertz CT molecular complexity index is 762. The van der Waals surface area contributed by atoms with E-state index in [9.17, 15) is 14.9 Å². The second kappa shape index (κ2) is 8.06. The molecule has 0 unspecified atom stereocenters. The van der Waals surface area contributed by atoms with Gasteiger partial charge in [-0.05, 0) is 29.9 Å². The number of nitro groups is 1. The van der Waals surface area contributed by atoms with Crippen LogP contribution in [0.2, 0.25) is 0 Å². The van der Waals surface area contributed by atoms with Crippen LogP contribution < -0.4 is 10.6 Å². The average molecular weight is 349 g/mol. The van der Waals surface area contributed by atoms with Crippen LogP contribution in [0.1, 0.15) is 30.1 Å². The third-order valence-electron chi connectivity index (χ3n) is 2.94. The highest BCUT2D eigenvalue weighted by atomic mass is 32.1. The van der Waals surface area contributed by atoms with Gasteiger partial charge in [-0.1, -0.05) is 24.5 Å². The Balaban J connectivity index is 1.94. The third-order valence-corrected chi connectivity index (χ3v) is 3.14. The van der Waals surface area contributed by atoms with Crippen molar-refractivity contribution >= 4 is 34.9 Å². The maximum Gasteiger partial charge on any atom is 0.270 e. The Hall–Kier alpha value is -2.95. The number of carbonyl (C=O) groups excluding carboxylic acids is 1. The molecule has 1 amide bonds. The second-order valence-corrected chi connectivity index (χ2v) is 5.19. The Kier molecular flexibility index (Phi) is 5.84. The highest BCUT2D eigenvalue weighted by molar-refractivity contribution is 7.80. The molecule has 0 aliphatic carbocycles. The molecule has 0 aliphatic rings. The van der Waals surface area contributed by atoms with Crippen molar-refractivity contribution in [2.45, 2.75) is 26.3 Å². The van der Waals surface area contributed by atoms with E-state index >= 15 is 0 Å². The Morgan fingerprint density at radius 3 is 2.96 bits per heavy atom. The van der Waals surface area contributed by atoms with Crippen molar-refractivity contribution in [2.24, 2.45) is 0 Å². The minimum Gasteiger partial charge on any atom is -0.299 e. The Morgan fingerprint density at radius 1 is 1.46 bits per heavy atom. The first-order valence-electron chi connectivity index (χ1n) is 7.14. The fourth-order valence-electron chi connectivity index (χ4n) is 1.76. The average Bonchev–Trinajstić information content (AvgIpc) is 3.00. The quantitative estimate of drug-likeness (QED) is 0.456. The van der Waals surface area contributed by atoms with Crippen molar-refractivity contribution < 1.29 is 9.72 Å². The predicted octanol–water partition coefficient (Wildman–Crippen LogP) is 1.51. The van der Waals surface area contributed by atoms with Crippen molar-refractivity contribution in [1.29, 1.82) is 0 Å². The number of tetrazole rings is 1. The maximum absolute atomic E-state index is 12.0. The summed E-state index contributed by atoms with van der Waals surface area (Å²) in [6.07, 6.45) is 1.92. The van der Waals surface area contributed by atoms with Gasteiger partial charge in [-0.3, -0.25) is 25.5 Å². The van der Waals surface area contributed by atoms with E-state index in [0.717, 1.165) is 18.9 Å². The van der Waals surface area contributed by atoms with E-state index in [-0.39, 0.29) is 22.3 Å². The first-order valence-corrected chi connectivity index (χ1v) is 7.55. The number of nitrogens with zero attached hydrogens (tertiary/aromatic N) is 5. The van der Waals surface area contributed by atoms with E-state index in [1.54, 1.807) is 0 Å². The lowest BCUT2D eigenvalue weighted by Crippen LogP contribution is -2.34. The van der Waals surface area contributed by atoms with E-state index in [4.69, 9.17) is 12.2 Å². The molecule has 126 valence electrons. The molecule has 0 saturated carbocycles. The normalized spacial score (nSPS) is 10.2. The molecule has 24 heavy (non-hydrogen) atoms. The molecule has 0 fully saturated rings. The SMILES string of the molecule is CCCCn1nnc(NC(=S)NC(=O)c2cccc([N+](=O)[O-])c2)n1. The Morgan fingerprint density at radius 2 is 2.25 bits per heavy atom. The van der Waals surface area contributed by atoms with Crippen molar-refractivity contribution in [3.05, 3.63) is 39.9 Å². The predicted molar refractivity (Wildman–Crippen MR) is 89.5 cm³/mol. The summed E-state index contributed by atoms with van der Waals surface area (Å²) in [6, 6.07) is 5.33. The standard InChI is InChI=1S/C13H15N7O3S/c1-2-3-7-19-17-12(16-18-19)15-13(24)14-11(21)9-5-4-6-10(8-9)20(22)23/h4-6,8H,2-3,7H2,1H3,(H2,14,15,17,21,24). The molecule has 0 saturated heterocycles. The smallest absolute Gasteiger partial charge is 0.270 e. The molecule has 2 N–H and O–H groups in total. The summed E-state index contributed by atoms with van der Waals surface area (Å²) < 4.78 is 0. The van der Waals surface area contributed by atoms with Gasteiger partial charge in [0, 0.05) is 17.7 Å². The van der Waals surface area contributed by atoms with Crippen molar-refractivity contribution in [3.63, 3.8) is 0 Å². The van der Waals surface area contributed by atoms with Crippen LogP contribution >= 0.6 is 12.2 Å². The molecular weight excluding hydrogens is 334 g/mol. The van der Waals surface area contributed by atoms with Gasteiger partial charge in [-0.2, -0.15) is 4.80 Å². The molecule has 0 aliphatic heterocycles. The van der Waals surface area contributed by atoms with Crippen LogP contribution in [0.5, 0.6) is 0 Å². The number of anilines is 1. The summed E-state index contributed by atoms with van der Waals surface area (Å²) in [7, 11) is 0. The van der Waals surface area contributed by atoms with Crippen molar-refractivity contribution in [1.82, 2.24) is 25.5 Å². The molecule has 2 aromatic rings. The number of amides is 1. The van der Waals surface area contributed by atoms with Crippen LogP contribution in [0.3, 0.4) is 0 Å². The van der Waals surface area contributed by atoms with Gasteiger partial charge < -0.3 is 0 Å². The number of thiocarbonyl (C=S) groups is 1. The van der Waals surface area contributed by atoms with Gasteiger partial charge in [0.1, 0.15) is 0 Å². The summed E-state index contributed by atoms with van der Waals surface area (Å²) in [5.74, 6) is -0.412. The molecule has 2 rings (SSSR count). The number of aryl methyl sites for hydroxylation is 1. The molecule has 0 radical (unpaired) electrons. The van der Waals surface area contributed by atoms with Gasteiger partial charge in [0.25, 0.3) is 17.5 Å². The summed E-state index contributed by atoms with van der Waals surface area (Å²) in [5.41, 5.74) is -0.0602. The van der Waals surface area contributed by atoms with E-state index in [1.807, 2.05) is 0 Å². The first kappa shape index (κ1) is 17.4. The summed E-state index contributed by atoms with van der Waals surface area (Å²) >= 11 is 5.00. The lowest BCUT2D eigenvalue weighted by Gasteiger charge is -2.06. The number of aromatic nitrogens is 4. The van der Waals surface area contributed by atoms with Crippen LogP contribution in [0, 0.1) is 10.1 Å². The third kappa shape index (κ3) is 4.78. The zero-order chi connectivity index (χ0) is 17.5. The van der Waals surface area contributed by atoms with E-state index in [0.29, 0.717) is 6.54 Å². The highest BCUT2D eigenvalue weighted by Crippen LogP contribution is 2.12. The molecule has 0 bridgehead atoms. The second-order valence-electron chi connectivity index (χ2n) is 4.78. The molecule has 1 aromatic carbocycles. The molecule has 0 atom stereocenters. The van der Waals surface area contributed by atoms with Gasteiger partial charge in [0.05, 0.1) is 11.5 Å². The Labute approximate surface area is 142 Å². The maximum atomic E-state index is 12.0. The minimum absolute atomic E-state index is 0.0263. The lowest BCUT2D eigenvalue weighted by atomic mass is 10.2.